The molecular formula is C15H21NO2. The summed E-state index contributed by atoms with van der Waals surface area (Å²) < 4.78 is 5.55. The summed E-state index contributed by atoms with van der Waals surface area (Å²) in [4.78, 5) is 11.5. The van der Waals surface area contributed by atoms with Crippen LogP contribution in [0, 0.1) is 0 Å². The number of hydrogen-bond donors (Lipinski definition) is 1. The Morgan fingerprint density at radius 3 is 2.50 bits per heavy atom. The van der Waals surface area contributed by atoms with E-state index in [0.29, 0.717) is 0 Å². The Morgan fingerprint density at radius 1 is 1.28 bits per heavy atom. The monoisotopic (exact) mass is 247 g/mol. The predicted octanol–water partition coefficient (Wildman–Crippen LogP) is 3.77. The van der Waals surface area contributed by atoms with Crippen molar-refractivity contribution in [1.29, 1.82) is 0 Å². The molecule has 1 aromatic carbocycles. The van der Waals surface area contributed by atoms with Gasteiger partial charge in [-0.15, -0.1) is 0 Å². The van der Waals surface area contributed by atoms with Crippen LogP contribution in [-0.2, 0) is 4.79 Å². The van der Waals surface area contributed by atoms with Crippen LogP contribution in [-0.4, -0.2) is 12.5 Å². The topological polar surface area (TPSA) is 38.3 Å². The number of benzene rings is 1. The highest BCUT2D eigenvalue weighted by Crippen LogP contribution is 2.16. The van der Waals surface area contributed by atoms with E-state index >= 15 is 0 Å². The second-order valence-electron chi connectivity index (χ2n) is 4.44. The highest BCUT2D eigenvalue weighted by Gasteiger charge is 1.99. The van der Waals surface area contributed by atoms with Crippen LogP contribution in [0.1, 0.15) is 33.6 Å². The number of rotatable bonds is 6. The van der Waals surface area contributed by atoms with Crippen molar-refractivity contribution >= 4 is 11.6 Å². The summed E-state index contributed by atoms with van der Waals surface area (Å²) in [5.41, 5.74) is 1.76. The molecule has 1 N–H and O–H groups in total. The molecule has 0 aliphatic heterocycles. The molecule has 0 atom stereocenters. The zero-order chi connectivity index (χ0) is 13.4. The molecule has 0 fully saturated rings. The van der Waals surface area contributed by atoms with E-state index in [0.717, 1.165) is 36.5 Å². The fraction of sp³-hybridized carbons (Fsp3) is 0.400. The summed E-state index contributed by atoms with van der Waals surface area (Å²) in [5.74, 6) is 0.735. The summed E-state index contributed by atoms with van der Waals surface area (Å²) in [5, 5.41) is 2.80. The fourth-order valence-corrected chi connectivity index (χ4v) is 1.41. The van der Waals surface area contributed by atoms with Gasteiger partial charge in [0.15, 0.2) is 0 Å². The molecule has 0 aliphatic carbocycles. The standard InChI is InChI=1S/C15H21NO2/c1-4-5-10-18-14-8-6-13(7-9-14)16-15(17)11-12(2)3/h6-9,11H,4-5,10H2,1-3H3,(H,16,17). The lowest BCUT2D eigenvalue weighted by atomic mass is 10.2. The molecule has 1 amide bonds. The quantitative estimate of drug-likeness (QED) is 0.614. The SMILES string of the molecule is CCCCOc1ccc(NC(=O)C=C(C)C)cc1. The first kappa shape index (κ1) is 14.3. The molecule has 0 bridgehead atoms. The molecule has 0 spiro atoms. The number of anilines is 1. The Morgan fingerprint density at radius 2 is 1.94 bits per heavy atom. The number of carbonyl (C=O) groups excluding carboxylic acids is 1. The van der Waals surface area contributed by atoms with Crippen molar-refractivity contribution in [2.45, 2.75) is 33.6 Å². The van der Waals surface area contributed by atoms with Gasteiger partial charge in [0.2, 0.25) is 5.91 Å². The van der Waals surface area contributed by atoms with Crippen molar-refractivity contribution in [3.05, 3.63) is 35.9 Å². The van der Waals surface area contributed by atoms with Gasteiger partial charge in [0.25, 0.3) is 0 Å². The fourth-order valence-electron chi connectivity index (χ4n) is 1.41. The molecule has 0 unspecified atom stereocenters. The highest BCUT2D eigenvalue weighted by atomic mass is 16.5. The average Bonchev–Trinajstić information content (AvgIpc) is 2.30. The molecule has 0 saturated heterocycles. The van der Waals surface area contributed by atoms with Gasteiger partial charge in [0.1, 0.15) is 5.75 Å². The third-order valence-electron chi connectivity index (χ3n) is 2.31. The van der Waals surface area contributed by atoms with Crippen molar-refractivity contribution in [3.8, 4) is 5.75 Å². The maximum atomic E-state index is 11.5. The molecule has 3 nitrogen and oxygen atoms in total. The van der Waals surface area contributed by atoms with Gasteiger partial charge < -0.3 is 10.1 Å². The van der Waals surface area contributed by atoms with E-state index in [1.54, 1.807) is 6.08 Å². The number of ether oxygens (including phenoxy) is 1. The number of amides is 1. The van der Waals surface area contributed by atoms with E-state index in [-0.39, 0.29) is 5.91 Å². The highest BCUT2D eigenvalue weighted by molar-refractivity contribution is 5.99. The van der Waals surface area contributed by atoms with Gasteiger partial charge in [-0.2, -0.15) is 0 Å². The normalized spacial score (nSPS) is 9.72. The molecule has 0 saturated carbocycles. The molecule has 1 aromatic rings. The van der Waals surface area contributed by atoms with Crippen molar-refractivity contribution in [2.24, 2.45) is 0 Å². The van der Waals surface area contributed by atoms with Crippen LogP contribution in [0.4, 0.5) is 5.69 Å². The lowest BCUT2D eigenvalue weighted by Crippen LogP contribution is -2.08. The summed E-state index contributed by atoms with van der Waals surface area (Å²) in [6.45, 7) is 6.65. The van der Waals surface area contributed by atoms with Gasteiger partial charge in [-0.25, -0.2) is 0 Å². The lowest BCUT2D eigenvalue weighted by molar-refractivity contribution is -0.111. The van der Waals surface area contributed by atoms with Crippen molar-refractivity contribution < 1.29 is 9.53 Å². The number of hydrogen-bond acceptors (Lipinski definition) is 2. The second-order valence-corrected chi connectivity index (χ2v) is 4.44. The lowest BCUT2D eigenvalue weighted by Gasteiger charge is -2.07. The minimum Gasteiger partial charge on any atom is -0.494 e. The smallest absolute Gasteiger partial charge is 0.248 e. The van der Waals surface area contributed by atoms with Crippen LogP contribution in [0.5, 0.6) is 5.75 Å². The second kappa shape index (κ2) is 7.54. The molecule has 0 heterocycles. The Hall–Kier alpha value is -1.77. The number of unbranched alkanes of at least 4 members (excludes halogenated alkanes) is 1. The maximum absolute atomic E-state index is 11.5. The minimum atomic E-state index is -0.102. The van der Waals surface area contributed by atoms with Gasteiger partial charge in [-0.3, -0.25) is 4.79 Å². The van der Waals surface area contributed by atoms with E-state index in [9.17, 15) is 4.79 Å². The molecule has 0 aromatic heterocycles. The van der Waals surface area contributed by atoms with Crippen LogP contribution in [0.25, 0.3) is 0 Å². The third kappa shape index (κ3) is 5.53. The minimum absolute atomic E-state index is 0.102. The first-order chi connectivity index (χ1) is 8.61. The molecule has 0 radical (unpaired) electrons. The van der Waals surface area contributed by atoms with E-state index in [2.05, 4.69) is 12.2 Å². The Labute approximate surface area is 109 Å². The van der Waals surface area contributed by atoms with Gasteiger partial charge in [-0.05, 0) is 44.5 Å². The summed E-state index contributed by atoms with van der Waals surface area (Å²) in [7, 11) is 0. The van der Waals surface area contributed by atoms with Crippen molar-refractivity contribution in [2.75, 3.05) is 11.9 Å². The summed E-state index contributed by atoms with van der Waals surface area (Å²) >= 11 is 0. The van der Waals surface area contributed by atoms with E-state index in [1.807, 2.05) is 38.1 Å². The van der Waals surface area contributed by atoms with Crippen LogP contribution in [0.2, 0.25) is 0 Å². The van der Waals surface area contributed by atoms with E-state index < -0.39 is 0 Å². The number of allylic oxidation sites excluding steroid dienone is 1. The van der Waals surface area contributed by atoms with Gasteiger partial charge in [-0.1, -0.05) is 18.9 Å². The Bertz CT molecular complexity index is 403. The van der Waals surface area contributed by atoms with Gasteiger partial charge in [0.05, 0.1) is 6.61 Å². The van der Waals surface area contributed by atoms with Crippen molar-refractivity contribution in [3.63, 3.8) is 0 Å². The van der Waals surface area contributed by atoms with Crippen LogP contribution in [0.3, 0.4) is 0 Å². The Kier molecular flexibility index (Phi) is 5.98. The van der Waals surface area contributed by atoms with Crippen LogP contribution < -0.4 is 10.1 Å². The van der Waals surface area contributed by atoms with E-state index in [1.165, 1.54) is 0 Å². The Balaban J connectivity index is 2.50. The molecule has 1 rings (SSSR count). The zero-order valence-corrected chi connectivity index (χ0v) is 11.3. The van der Waals surface area contributed by atoms with Crippen molar-refractivity contribution in [1.82, 2.24) is 0 Å². The molecule has 18 heavy (non-hydrogen) atoms. The van der Waals surface area contributed by atoms with Gasteiger partial charge in [0, 0.05) is 11.8 Å². The molecule has 0 aliphatic rings. The zero-order valence-electron chi connectivity index (χ0n) is 11.3. The first-order valence-corrected chi connectivity index (χ1v) is 6.30. The largest absolute Gasteiger partial charge is 0.494 e. The van der Waals surface area contributed by atoms with Crippen LogP contribution in [0.15, 0.2) is 35.9 Å². The predicted molar refractivity (Wildman–Crippen MR) is 74.9 cm³/mol. The molecular weight excluding hydrogens is 226 g/mol. The summed E-state index contributed by atoms with van der Waals surface area (Å²) in [6.07, 6.45) is 3.75. The van der Waals surface area contributed by atoms with E-state index in [4.69, 9.17) is 4.74 Å². The number of nitrogens with one attached hydrogen (secondary N) is 1. The van der Waals surface area contributed by atoms with Crippen LogP contribution >= 0.6 is 0 Å². The third-order valence-corrected chi connectivity index (χ3v) is 2.31. The molecule has 3 heteroatoms. The molecule has 98 valence electrons. The maximum Gasteiger partial charge on any atom is 0.248 e. The number of carbonyl (C=O) groups is 1. The summed E-state index contributed by atoms with van der Waals surface area (Å²) in [6, 6.07) is 7.43. The first-order valence-electron chi connectivity index (χ1n) is 6.30. The van der Waals surface area contributed by atoms with Gasteiger partial charge >= 0.3 is 0 Å². The average molecular weight is 247 g/mol.